The van der Waals surface area contributed by atoms with E-state index in [1.165, 1.54) is 7.11 Å². The molecule has 1 unspecified atom stereocenters. The van der Waals surface area contributed by atoms with E-state index in [0.29, 0.717) is 16.1 Å². The predicted molar refractivity (Wildman–Crippen MR) is 87.4 cm³/mol. The van der Waals surface area contributed by atoms with Gasteiger partial charge >= 0.3 is 5.97 Å². The molecule has 0 N–H and O–H groups in total. The van der Waals surface area contributed by atoms with Gasteiger partial charge in [-0.15, -0.1) is 0 Å². The fourth-order valence-corrected chi connectivity index (χ4v) is 3.80. The van der Waals surface area contributed by atoms with Crippen LogP contribution in [0.3, 0.4) is 0 Å². The highest BCUT2D eigenvalue weighted by atomic mass is 79.9. The van der Waals surface area contributed by atoms with Gasteiger partial charge in [0.25, 0.3) is 0 Å². The maximum absolute atomic E-state index is 11.9. The standard InChI is InChI=1S/C16H18BrN3O3/c1-22-16(21)15-13(17)12-10(8-18-15)20(11-4-2-3-7-23-11)19-14(12)9-5-6-9/h8-9,11H,2-7H2,1H3. The molecule has 1 saturated heterocycles. The van der Waals surface area contributed by atoms with E-state index in [9.17, 15) is 4.79 Å². The third-order valence-corrected chi connectivity index (χ3v) is 5.26. The highest BCUT2D eigenvalue weighted by Gasteiger charge is 2.33. The first-order valence-corrected chi connectivity index (χ1v) is 8.76. The van der Waals surface area contributed by atoms with E-state index >= 15 is 0 Å². The summed E-state index contributed by atoms with van der Waals surface area (Å²) in [5, 5.41) is 5.80. The van der Waals surface area contributed by atoms with E-state index in [0.717, 1.165) is 55.3 Å². The number of carbonyl (C=O) groups is 1. The summed E-state index contributed by atoms with van der Waals surface area (Å²) < 4.78 is 13.3. The highest BCUT2D eigenvalue weighted by Crippen LogP contribution is 2.45. The Morgan fingerprint density at radius 1 is 1.39 bits per heavy atom. The van der Waals surface area contributed by atoms with Crippen LogP contribution in [-0.2, 0) is 9.47 Å². The summed E-state index contributed by atoms with van der Waals surface area (Å²) >= 11 is 3.55. The van der Waals surface area contributed by atoms with Gasteiger partial charge < -0.3 is 9.47 Å². The van der Waals surface area contributed by atoms with Crippen LogP contribution in [-0.4, -0.2) is 34.5 Å². The van der Waals surface area contributed by atoms with Gasteiger partial charge in [-0.2, -0.15) is 5.10 Å². The molecule has 122 valence electrons. The normalized spacial score (nSPS) is 21.6. The average molecular weight is 380 g/mol. The molecule has 0 amide bonds. The first kappa shape index (κ1) is 15.1. The Hall–Kier alpha value is -1.47. The van der Waals surface area contributed by atoms with Gasteiger partial charge in [-0.1, -0.05) is 0 Å². The Morgan fingerprint density at radius 3 is 2.87 bits per heavy atom. The van der Waals surface area contributed by atoms with E-state index < -0.39 is 5.97 Å². The third-order valence-electron chi connectivity index (χ3n) is 4.49. The number of hydrogen-bond acceptors (Lipinski definition) is 5. The van der Waals surface area contributed by atoms with Crippen LogP contribution in [0, 0.1) is 0 Å². The second-order valence-corrected chi connectivity index (χ2v) is 6.89. The lowest BCUT2D eigenvalue weighted by atomic mass is 10.1. The zero-order valence-corrected chi connectivity index (χ0v) is 14.5. The summed E-state index contributed by atoms with van der Waals surface area (Å²) in [5.41, 5.74) is 2.25. The molecule has 1 aliphatic carbocycles. The fourth-order valence-electron chi connectivity index (χ4n) is 3.13. The maximum atomic E-state index is 11.9. The van der Waals surface area contributed by atoms with Crippen LogP contribution in [0.1, 0.15) is 60.4 Å². The SMILES string of the molecule is COC(=O)c1ncc2c(c(C3CC3)nn2C2CCCCO2)c1Br. The minimum absolute atomic E-state index is 0.0450. The van der Waals surface area contributed by atoms with Crippen molar-refractivity contribution < 1.29 is 14.3 Å². The molecule has 1 aliphatic heterocycles. The summed E-state index contributed by atoms with van der Waals surface area (Å²) in [4.78, 5) is 16.2. The number of rotatable bonds is 3. The average Bonchev–Trinajstić information content (AvgIpc) is 3.36. The van der Waals surface area contributed by atoms with Gasteiger partial charge in [0.1, 0.15) is 0 Å². The number of ether oxygens (including phenoxy) is 2. The lowest BCUT2D eigenvalue weighted by molar-refractivity contribution is -0.0369. The molecule has 2 fully saturated rings. The predicted octanol–water partition coefficient (Wildman–Crippen LogP) is 3.56. The Labute approximate surface area is 142 Å². The molecule has 2 aliphatic rings. The van der Waals surface area contributed by atoms with Gasteiger partial charge in [0.15, 0.2) is 11.9 Å². The smallest absolute Gasteiger partial charge is 0.357 e. The molecule has 1 atom stereocenters. The minimum Gasteiger partial charge on any atom is -0.464 e. The van der Waals surface area contributed by atoms with Gasteiger partial charge in [0, 0.05) is 17.9 Å². The number of nitrogens with zero attached hydrogens (tertiary/aromatic N) is 3. The van der Waals surface area contributed by atoms with Gasteiger partial charge in [0.05, 0.1) is 29.0 Å². The summed E-state index contributed by atoms with van der Waals surface area (Å²) in [6, 6.07) is 0. The fraction of sp³-hybridized carbons (Fsp3) is 0.562. The van der Waals surface area contributed by atoms with Crippen LogP contribution in [0.5, 0.6) is 0 Å². The number of halogens is 1. The van der Waals surface area contributed by atoms with E-state index in [-0.39, 0.29) is 6.23 Å². The largest absolute Gasteiger partial charge is 0.464 e. The van der Waals surface area contributed by atoms with Gasteiger partial charge in [-0.25, -0.2) is 14.5 Å². The molecule has 7 heteroatoms. The molecule has 2 aromatic rings. The van der Waals surface area contributed by atoms with E-state index in [4.69, 9.17) is 14.6 Å². The van der Waals surface area contributed by atoms with E-state index in [1.807, 2.05) is 4.68 Å². The third kappa shape index (κ3) is 2.55. The Balaban J connectivity index is 1.89. The lowest BCUT2D eigenvalue weighted by Gasteiger charge is -2.23. The number of hydrogen-bond donors (Lipinski definition) is 0. The second-order valence-electron chi connectivity index (χ2n) is 6.10. The van der Waals surface area contributed by atoms with Crippen molar-refractivity contribution in [2.45, 2.75) is 44.2 Å². The molecule has 23 heavy (non-hydrogen) atoms. The molecule has 0 aromatic carbocycles. The summed E-state index contributed by atoms with van der Waals surface area (Å²) in [5.74, 6) is 0.0220. The molecular weight excluding hydrogens is 362 g/mol. The van der Waals surface area contributed by atoms with Crippen molar-refractivity contribution in [2.24, 2.45) is 0 Å². The number of aromatic nitrogens is 3. The molecule has 4 rings (SSSR count). The first-order chi connectivity index (χ1) is 11.2. The topological polar surface area (TPSA) is 66.2 Å². The Bertz CT molecular complexity index is 764. The van der Waals surface area contributed by atoms with Crippen LogP contribution >= 0.6 is 15.9 Å². The zero-order valence-electron chi connectivity index (χ0n) is 12.9. The van der Waals surface area contributed by atoms with Gasteiger partial charge in [0.2, 0.25) is 0 Å². The Kier molecular flexibility index (Phi) is 3.85. The number of carbonyl (C=O) groups excluding carboxylic acids is 1. The summed E-state index contributed by atoms with van der Waals surface area (Å²) in [7, 11) is 1.36. The Morgan fingerprint density at radius 2 is 2.22 bits per heavy atom. The molecule has 2 aromatic heterocycles. The molecule has 0 bridgehead atoms. The number of esters is 1. The monoisotopic (exact) mass is 379 g/mol. The van der Waals surface area contributed by atoms with Crippen molar-refractivity contribution in [2.75, 3.05) is 13.7 Å². The molecule has 6 nitrogen and oxygen atoms in total. The van der Waals surface area contributed by atoms with Crippen molar-refractivity contribution >= 4 is 32.8 Å². The summed E-state index contributed by atoms with van der Waals surface area (Å²) in [6.07, 6.45) is 7.14. The molecule has 0 radical (unpaired) electrons. The van der Waals surface area contributed by atoms with Gasteiger partial charge in [-0.3, -0.25) is 0 Å². The number of pyridine rings is 1. The van der Waals surface area contributed by atoms with E-state index in [2.05, 4.69) is 20.9 Å². The minimum atomic E-state index is -0.442. The first-order valence-electron chi connectivity index (χ1n) is 7.97. The van der Waals surface area contributed by atoms with Crippen molar-refractivity contribution in [3.63, 3.8) is 0 Å². The van der Waals surface area contributed by atoms with Crippen LogP contribution in [0.15, 0.2) is 10.7 Å². The number of methoxy groups -OCH3 is 1. The quantitative estimate of drug-likeness (QED) is 0.762. The number of fused-ring (bicyclic) bond motifs is 1. The molecular formula is C16H18BrN3O3. The van der Waals surface area contributed by atoms with Crippen LogP contribution in [0.2, 0.25) is 0 Å². The molecule has 0 spiro atoms. The van der Waals surface area contributed by atoms with Crippen molar-refractivity contribution in [1.82, 2.24) is 14.8 Å². The van der Waals surface area contributed by atoms with Crippen molar-refractivity contribution in [1.29, 1.82) is 0 Å². The highest BCUT2D eigenvalue weighted by molar-refractivity contribution is 9.10. The lowest BCUT2D eigenvalue weighted by Crippen LogP contribution is -2.19. The van der Waals surface area contributed by atoms with Crippen molar-refractivity contribution in [3.05, 3.63) is 22.1 Å². The van der Waals surface area contributed by atoms with Crippen LogP contribution in [0.4, 0.5) is 0 Å². The molecule has 3 heterocycles. The van der Waals surface area contributed by atoms with E-state index in [1.54, 1.807) is 6.20 Å². The zero-order chi connectivity index (χ0) is 16.0. The van der Waals surface area contributed by atoms with Gasteiger partial charge in [-0.05, 0) is 48.0 Å². The van der Waals surface area contributed by atoms with Crippen molar-refractivity contribution in [3.8, 4) is 0 Å². The summed E-state index contributed by atoms with van der Waals surface area (Å²) in [6.45, 7) is 0.764. The second kappa shape index (κ2) is 5.87. The maximum Gasteiger partial charge on any atom is 0.357 e. The molecule has 1 saturated carbocycles. The van der Waals surface area contributed by atoms with Crippen LogP contribution in [0.25, 0.3) is 10.9 Å². The van der Waals surface area contributed by atoms with Crippen LogP contribution < -0.4 is 0 Å².